The summed E-state index contributed by atoms with van der Waals surface area (Å²) in [6.07, 6.45) is -1.80. The Morgan fingerprint density at radius 1 is 1.00 bits per heavy atom. The molecule has 1 aliphatic carbocycles. The standard InChI is InChI=1S/C20H31N3O2.2C2HF3O2/c1-21(2)18(24)20-6-5-19(17(20)13-22(3)15-20)7-9-23(10-8-19)12-16-4-11-25-14-16;2*3-2(4,5)1(6)7/h4,11,14,17H,5-10,12-13,15H2,1-3H3;2*(H,6,7)/t17-,20+;;/m0../s1. The highest BCUT2D eigenvalue weighted by atomic mass is 19.4. The summed E-state index contributed by atoms with van der Waals surface area (Å²) in [6, 6.07) is 2.06. The fourth-order valence-electron chi connectivity index (χ4n) is 5.99. The maximum Gasteiger partial charge on any atom is 0.490 e. The third kappa shape index (κ3) is 7.87. The van der Waals surface area contributed by atoms with Crippen LogP contribution in [0.25, 0.3) is 0 Å². The zero-order valence-corrected chi connectivity index (χ0v) is 21.8. The third-order valence-electron chi connectivity index (χ3n) is 7.68. The van der Waals surface area contributed by atoms with Crippen molar-refractivity contribution in [3.8, 4) is 0 Å². The van der Waals surface area contributed by atoms with Crippen molar-refractivity contribution in [1.29, 1.82) is 0 Å². The van der Waals surface area contributed by atoms with Crippen LogP contribution in [0, 0.1) is 16.7 Å². The van der Waals surface area contributed by atoms with Gasteiger partial charge >= 0.3 is 24.3 Å². The number of furan rings is 1. The summed E-state index contributed by atoms with van der Waals surface area (Å²) in [7, 11) is 6.03. The summed E-state index contributed by atoms with van der Waals surface area (Å²) in [4.78, 5) is 37.6. The van der Waals surface area contributed by atoms with Gasteiger partial charge in [-0.25, -0.2) is 9.59 Å². The molecule has 1 aromatic heterocycles. The fourth-order valence-corrected chi connectivity index (χ4v) is 5.99. The lowest BCUT2D eigenvalue weighted by molar-refractivity contribution is -0.193. The molecule has 3 heterocycles. The van der Waals surface area contributed by atoms with Crippen LogP contribution in [0.4, 0.5) is 26.3 Å². The van der Waals surface area contributed by atoms with Gasteiger partial charge < -0.3 is 24.4 Å². The van der Waals surface area contributed by atoms with E-state index in [-0.39, 0.29) is 5.41 Å². The minimum absolute atomic E-state index is 0.134. The molecular weight excluding hydrogens is 540 g/mol. The second-order valence-electron chi connectivity index (χ2n) is 10.5. The summed E-state index contributed by atoms with van der Waals surface area (Å²) in [5, 5.41) is 14.2. The first kappa shape index (κ1) is 32.4. The summed E-state index contributed by atoms with van der Waals surface area (Å²) >= 11 is 0. The Balaban J connectivity index is 0.000000317. The van der Waals surface area contributed by atoms with E-state index in [2.05, 4.69) is 22.9 Å². The second-order valence-corrected chi connectivity index (χ2v) is 10.5. The van der Waals surface area contributed by atoms with E-state index in [1.54, 1.807) is 6.26 Å². The predicted octanol–water partition coefficient (Wildman–Crippen LogP) is 3.56. The second kappa shape index (κ2) is 12.1. The lowest BCUT2D eigenvalue weighted by Crippen LogP contribution is -2.48. The molecule has 2 atom stereocenters. The molecule has 0 bridgehead atoms. The van der Waals surface area contributed by atoms with Crippen LogP contribution in [0.3, 0.4) is 0 Å². The van der Waals surface area contributed by atoms with Gasteiger partial charge in [0.1, 0.15) is 0 Å². The predicted molar refractivity (Wildman–Crippen MR) is 124 cm³/mol. The Morgan fingerprint density at radius 2 is 1.51 bits per heavy atom. The lowest BCUT2D eigenvalue weighted by atomic mass is 9.65. The smallest absolute Gasteiger partial charge is 0.475 e. The zero-order valence-electron chi connectivity index (χ0n) is 21.8. The molecule has 0 aromatic carbocycles. The Morgan fingerprint density at radius 3 is 1.92 bits per heavy atom. The van der Waals surface area contributed by atoms with Gasteiger partial charge in [0.15, 0.2) is 0 Å². The molecule has 0 radical (unpaired) electrons. The normalized spacial score (nSPS) is 24.7. The van der Waals surface area contributed by atoms with Crippen LogP contribution < -0.4 is 0 Å². The molecule has 1 spiro atoms. The van der Waals surface area contributed by atoms with E-state index in [0.717, 1.165) is 39.1 Å². The van der Waals surface area contributed by atoms with Crippen molar-refractivity contribution in [2.45, 2.75) is 44.6 Å². The van der Waals surface area contributed by atoms with Crippen molar-refractivity contribution in [2.24, 2.45) is 16.7 Å². The molecule has 1 amide bonds. The average Bonchev–Trinajstić information content (AvgIpc) is 3.52. The van der Waals surface area contributed by atoms with Crippen molar-refractivity contribution >= 4 is 17.8 Å². The minimum atomic E-state index is -5.08. The van der Waals surface area contributed by atoms with E-state index in [1.807, 2.05) is 25.3 Å². The SMILES string of the molecule is CN1C[C@H]2C3(CCN(Cc4ccoc4)CC3)CC[C@@]2(C(=O)N(C)C)C1.O=C(O)C(F)(F)F.O=C(O)C(F)(F)F. The largest absolute Gasteiger partial charge is 0.490 e. The Hall–Kier alpha value is -2.81. The first-order chi connectivity index (χ1) is 17.8. The molecule has 1 aromatic rings. The first-order valence-corrected chi connectivity index (χ1v) is 12.1. The minimum Gasteiger partial charge on any atom is -0.475 e. The summed E-state index contributed by atoms with van der Waals surface area (Å²) < 4.78 is 68.7. The van der Waals surface area contributed by atoms with Crippen LogP contribution in [0.15, 0.2) is 23.0 Å². The summed E-state index contributed by atoms with van der Waals surface area (Å²) in [5.41, 5.74) is 1.49. The molecule has 1 saturated carbocycles. The number of aliphatic carboxylic acids is 2. The number of carboxylic acid groups (broad SMARTS) is 2. The molecule has 0 unspecified atom stereocenters. The molecule has 222 valence electrons. The van der Waals surface area contributed by atoms with Gasteiger partial charge in [0.25, 0.3) is 0 Å². The van der Waals surface area contributed by atoms with E-state index >= 15 is 0 Å². The summed E-state index contributed by atoms with van der Waals surface area (Å²) in [6.45, 7) is 5.28. The van der Waals surface area contributed by atoms with Crippen LogP contribution in [0.5, 0.6) is 0 Å². The van der Waals surface area contributed by atoms with Crippen molar-refractivity contribution in [3.63, 3.8) is 0 Å². The molecule has 39 heavy (non-hydrogen) atoms. The monoisotopic (exact) mass is 573 g/mol. The number of rotatable bonds is 3. The Kier molecular flexibility index (Phi) is 10.1. The number of fused-ring (bicyclic) bond motifs is 2. The van der Waals surface area contributed by atoms with Crippen molar-refractivity contribution in [3.05, 3.63) is 24.2 Å². The number of alkyl halides is 6. The van der Waals surface area contributed by atoms with Gasteiger partial charge in [-0.05, 0) is 63.2 Å². The number of piperidine rings is 1. The van der Waals surface area contributed by atoms with E-state index in [1.165, 1.54) is 24.8 Å². The topological polar surface area (TPSA) is 115 Å². The number of carbonyl (C=O) groups excluding carboxylic acids is 1. The molecule has 4 rings (SSSR count). The molecule has 3 fully saturated rings. The van der Waals surface area contributed by atoms with E-state index in [9.17, 15) is 31.1 Å². The highest BCUT2D eigenvalue weighted by molar-refractivity contribution is 5.84. The van der Waals surface area contributed by atoms with Crippen molar-refractivity contribution in [2.75, 3.05) is 47.3 Å². The van der Waals surface area contributed by atoms with E-state index in [4.69, 9.17) is 24.2 Å². The van der Waals surface area contributed by atoms with Gasteiger partial charge in [0.2, 0.25) is 5.91 Å². The van der Waals surface area contributed by atoms with E-state index < -0.39 is 24.3 Å². The van der Waals surface area contributed by atoms with Gasteiger partial charge in [-0.3, -0.25) is 9.69 Å². The fraction of sp³-hybridized carbons (Fsp3) is 0.708. The van der Waals surface area contributed by atoms with Crippen LogP contribution >= 0.6 is 0 Å². The van der Waals surface area contributed by atoms with E-state index in [0.29, 0.717) is 17.2 Å². The van der Waals surface area contributed by atoms with Crippen LogP contribution in [-0.2, 0) is 20.9 Å². The quantitative estimate of drug-likeness (QED) is 0.528. The molecule has 15 heteroatoms. The van der Waals surface area contributed by atoms with Gasteiger partial charge in [0, 0.05) is 39.3 Å². The van der Waals surface area contributed by atoms with Gasteiger partial charge in [-0.2, -0.15) is 26.3 Å². The number of hydrogen-bond donors (Lipinski definition) is 2. The number of carboxylic acids is 2. The third-order valence-corrected chi connectivity index (χ3v) is 7.68. The molecular formula is C24H33F6N3O6. The van der Waals surface area contributed by atoms with Crippen LogP contribution in [0.1, 0.15) is 31.2 Å². The maximum absolute atomic E-state index is 13.1. The molecule has 3 aliphatic rings. The number of likely N-dealkylation sites (tertiary alicyclic amines) is 2. The zero-order chi connectivity index (χ0) is 29.8. The van der Waals surface area contributed by atoms with Crippen LogP contribution in [0.2, 0.25) is 0 Å². The number of hydrogen-bond acceptors (Lipinski definition) is 6. The van der Waals surface area contributed by atoms with Gasteiger partial charge in [0.05, 0.1) is 17.9 Å². The number of carbonyl (C=O) groups is 3. The molecule has 2 N–H and O–H groups in total. The average molecular weight is 574 g/mol. The Labute approximate surface area is 221 Å². The first-order valence-electron chi connectivity index (χ1n) is 12.1. The van der Waals surface area contributed by atoms with Gasteiger partial charge in [-0.1, -0.05) is 0 Å². The van der Waals surface area contributed by atoms with Crippen LogP contribution in [-0.4, -0.2) is 102 Å². The van der Waals surface area contributed by atoms with Crippen molar-refractivity contribution < 1.29 is 55.4 Å². The maximum atomic E-state index is 13.1. The molecule has 2 aliphatic heterocycles. The highest BCUT2D eigenvalue weighted by Crippen LogP contribution is 2.62. The Bertz CT molecular complexity index is 965. The number of amides is 1. The van der Waals surface area contributed by atoms with Crippen molar-refractivity contribution in [1.82, 2.24) is 14.7 Å². The van der Waals surface area contributed by atoms with Gasteiger partial charge in [-0.15, -0.1) is 0 Å². The number of halogens is 6. The molecule has 2 saturated heterocycles. The lowest BCUT2D eigenvalue weighted by Gasteiger charge is -2.44. The number of nitrogens with zero attached hydrogens (tertiary/aromatic N) is 3. The summed E-state index contributed by atoms with van der Waals surface area (Å²) in [5.74, 6) is -4.63. The highest BCUT2D eigenvalue weighted by Gasteiger charge is 2.64. The molecule has 9 nitrogen and oxygen atoms in total.